The Morgan fingerprint density at radius 1 is 1.00 bits per heavy atom. The SMILES string of the molecule is Oc1ccccc1O.[H-].[Na+].[Ti]. The van der Waals surface area contributed by atoms with Crippen LogP contribution in [-0.4, -0.2) is 10.2 Å². The van der Waals surface area contributed by atoms with Gasteiger partial charge in [0.15, 0.2) is 11.5 Å². The quantitative estimate of drug-likeness (QED) is 0.367. The van der Waals surface area contributed by atoms with Crippen molar-refractivity contribution >= 4 is 0 Å². The number of rotatable bonds is 0. The first-order chi connectivity index (χ1) is 3.80. The van der Waals surface area contributed by atoms with Gasteiger partial charge in [0.1, 0.15) is 0 Å². The van der Waals surface area contributed by atoms with Gasteiger partial charge in [-0.3, -0.25) is 0 Å². The molecule has 0 spiro atoms. The molecule has 10 heavy (non-hydrogen) atoms. The van der Waals surface area contributed by atoms with Crippen molar-refractivity contribution in [3.05, 3.63) is 24.3 Å². The van der Waals surface area contributed by atoms with E-state index in [1.807, 2.05) is 0 Å². The van der Waals surface area contributed by atoms with Gasteiger partial charge >= 0.3 is 29.6 Å². The topological polar surface area (TPSA) is 40.5 Å². The summed E-state index contributed by atoms with van der Waals surface area (Å²) in [6.45, 7) is 0. The number of hydrogen-bond donors (Lipinski definition) is 2. The standard InChI is InChI=1S/C6H6O2.Na.Ti.H/c7-5-3-1-2-4-6(5)8;;;/h1-4,7-8H;;;/q;+1;;-1. The summed E-state index contributed by atoms with van der Waals surface area (Å²) in [7, 11) is 0. The summed E-state index contributed by atoms with van der Waals surface area (Å²) >= 11 is 0. The number of hydrogen-bond acceptors (Lipinski definition) is 2. The van der Waals surface area contributed by atoms with Crippen LogP contribution >= 0.6 is 0 Å². The Labute approximate surface area is 97.9 Å². The minimum absolute atomic E-state index is 0. The van der Waals surface area contributed by atoms with Crippen molar-refractivity contribution in [1.82, 2.24) is 0 Å². The van der Waals surface area contributed by atoms with E-state index in [0.717, 1.165) is 0 Å². The van der Waals surface area contributed by atoms with Crippen molar-refractivity contribution in [2.45, 2.75) is 0 Å². The van der Waals surface area contributed by atoms with Crippen LogP contribution in [0.2, 0.25) is 0 Å². The number of phenols is 2. The van der Waals surface area contributed by atoms with Crippen molar-refractivity contribution in [2.24, 2.45) is 0 Å². The Kier molecular flexibility index (Phi) is 8.23. The fraction of sp³-hybridized carbons (Fsp3) is 0. The van der Waals surface area contributed by atoms with Crippen molar-refractivity contribution in [3.8, 4) is 11.5 Å². The predicted molar refractivity (Wildman–Crippen MR) is 30.9 cm³/mol. The molecule has 0 heterocycles. The van der Waals surface area contributed by atoms with Gasteiger partial charge < -0.3 is 11.6 Å². The van der Waals surface area contributed by atoms with Gasteiger partial charge in [0, 0.05) is 21.7 Å². The predicted octanol–water partition coefficient (Wildman–Crippen LogP) is -1.79. The van der Waals surface area contributed by atoms with E-state index < -0.39 is 0 Å². The van der Waals surface area contributed by atoms with E-state index >= 15 is 0 Å². The third-order valence-electron chi connectivity index (χ3n) is 0.882. The monoisotopic (exact) mass is 182 g/mol. The van der Waals surface area contributed by atoms with Crippen molar-refractivity contribution in [1.29, 1.82) is 0 Å². The summed E-state index contributed by atoms with van der Waals surface area (Å²) in [5.41, 5.74) is 0. The molecule has 48 valence electrons. The number of aromatic hydroxyl groups is 2. The zero-order valence-electron chi connectivity index (χ0n) is 6.70. The van der Waals surface area contributed by atoms with E-state index in [0.29, 0.717) is 0 Å². The maximum absolute atomic E-state index is 8.67. The number of phenolic OH excluding ortho intramolecular Hbond substituents is 2. The molecule has 0 aliphatic heterocycles. The Hall–Kier alpha value is 0.534. The molecule has 1 aromatic rings. The van der Waals surface area contributed by atoms with Crippen LogP contribution in [0.5, 0.6) is 11.5 Å². The first-order valence-electron chi connectivity index (χ1n) is 2.27. The normalized spacial score (nSPS) is 7.20. The summed E-state index contributed by atoms with van der Waals surface area (Å²) in [4.78, 5) is 0. The molecule has 4 heteroatoms. The van der Waals surface area contributed by atoms with Crippen LogP contribution in [0.3, 0.4) is 0 Å². The van der Waals surface area contributed by atoms with E-state index in [1.54, 1.807) is 12.1 Å². The molecule has 2 N–H and O–H groups in total. The van der Waals surface area contributed by atoms with Crippen LogP contribution in [0.25, 0.3) is 0 Å². The Bertz CT molecular complexity index is 177. The summed E-state index contributed by atoms with van der Waals surface area (Å²) in [6.07, 6.45) is 0. The molecule has 0 saturated heterocycles. The first-order valence-corrected chi connectivity index (χ1v) is 2.27. The summed E-state index contributed by atoms with van der Waals surface area (Å²) < 4.78 is 0. The number of benzene rings is 1. The minimum Gasteiger partial charge on any atom is -1.00 e. The van der Waals surface area contributed by atoms with Gasteiger partial charge in [-0.15, -0.1) is 0 Å². The van der Waals surface area contributed by atoms with Crippen LogP contribution < -0.4 is 29.6 Å². The Morgan fingerprint density at radius 2 is 1.30 bits per heavy atom. The minimum atomic E-state index is -0.0764. The molecule has 0 aromatic heterocycles. The average Bonchev–Trinajstić information content (AvgIpc) is 1.77. The van der Waals surface area contributed by atoms with Crippen LogP contribution in [0.15, 0.2) is 24.3 Å². The zero-order chi connectivity index (χ0) is 5.98. The van der Waals surface area contributed by atoms with E-state index in [-0.39, 0.29) is 64.2 Å². The van der Waals surface area contributed by atoms with Gasteiger partial charge in [-0.2, -0.15) is 0 Å². The molecule has 0 amide bonds. The number of para-hydroxylation sites is 2. The Balaban J connectivity index is -0.000000213. The molecule has 1 aromatic carbocycles. The zero-order valence-corrected chi connectivity index (χ0v) is 9.27. The molecule has 0 unspecified atom stereocenters. The van der Waals surface area contributed by atoms with Crippen LogP contribution in [-0.2, 0) is 21.7 Å². The molecule has 0 aliphatic carbocycles. The van der Waals surface area contributed by atoms with E-state index in [2.05, 4.69) is 0 Å². The van der Waals surface area contributed by atoms with E-state index in [4.69, 9.17) is 10.2 Å². The molecule has 0 atom stereocenters. The third kappa shape index (κ3) is 3.64. The van der Waals surface area contributed by atoms with Crippen LogP contribution in [0, 0.1) is 0 Å². The third-order valence-corrected chi connectivity index (χ3v) is 0.882. The molecule has 1 rings (SSSR count). The molecular formula is C6H7NaO2Ti. The van der Waals surface area contributed by atoms with Gasteiger partial charge in [0.2, 0.25) is 0 Å². The molecule has 0 fully saturated rings. The summed E-state index contributed by atoms with van der Waals surface area (Å²) in [6, 6.07) is 6.15. The van der Waals surface area contributed by atoms with Crippen molar-refractivity contribution in [2.75, 3.05) is 0 Å². The van der Waals surface area contributed by atoms with E-state index in [9.17, 15) is 0 Å². The summed E-state index contributed by atoms with van der Waals surface area (Å²) in [5.74, 6) is -0.153. The second-order valence-electron chi connectivity index (χ2n) is 1.49. The van der Waals surface area contributed by atoms with Crippen LogP contribution in [0.1, 0.15) is 1.43 Å². The average molecular weight is 182 g/mol. The molecular weight excluding hydrogens is 175 g/mol. The van der Waals surface area contributed by atoms with Gasteiger partial charge in [-0.25, -0.2) is 0 Å². The van der Waals surface area contributed by atoms with Crippen molar-refractivity contribution in [3.63, 3.8) is 0 Å². The second kappa shape index (κ2) is 6.26. The van der Waals surface area contributed by atoms with Crippen molar-refractivity contribution < 1.29 is 62.9 Å². The summed E-state index contributed by atoms with van der Waals surface area (Å²) in [5, 5.41) is 17.3. The fourth-order valence-corrected chi connectivity index (χ4v) is 0.464. The smallest absolute Gasteiger partial charge is 1.00 e. The molecule has 0 saturated carbocycles. The largest absolute Gasteiger partial charge is 1.00 e. The van der Waals surface area contributed by atoms with Gasteiger partial charge in [0.05, 0.1) is 0 Å². The van der Waals surface area contributed by atoms with E-state index in [1.165, 1.54) is 12.1 Å². The Morgan fingerprint density at radius 3 is 1.50 bits per heavy atom. The van der Waals surface area contributed by atoms with Gasteiger partial charge in [0.25, 0.3) is 0 Å². The first kappa shape index (κ1) is 13.1. The maximum Gasteiger partial charge on any atom is 1.00 e. The molecule has 0 radical (unpaired) electrons. The maximum atomic E-state index is 8.67. The van der Waals surface area contributed by atoms with Gasteiger partial charge in [-0.05, 0) is 12.1 Å². The fourth-order valence-electron chi connectivity index (χ4n) is 0.464. The second-order valence-corrected chi connectivity index (χ2v) is 1.49. The molecule has 0 aliphatic rings. The van der Waals surface area contributed by atoms with Crippen LogP contribution in [0.4, 0.5) is 0 Å². The van der Waals surface area contributed by atoms with Gasteiger partial charge in [-0.1, -0.05) is 12.1 Å². The molecule has 0 bridgehead atoms. The molecule has 2 nitrogen and oxygen atoms in total.